The van der Waals surface area contributed by atoms with Crippen LogP contribution in [0.5, 0.6) is 0 Å². The normalized spacial score (nSPS) is 13.1. The molecule has 0 saturated carbocycles. The van der Waals surface area contributed by atoms with Crippen molar-refractivity contribution >= 4 is 21.4 Å². The molecule has 1 atom stereocenters. The number of nitrogens with one attached hydrogen (secondary N) is 1. The fourth-order valence-electron chi connectivity index (χ4n) is 1.54. The number of nitrogens with two attached hydrogens (primary N) is 1. The van der Waals surface area contributed by atoms with Crippen molar-refractivity contribution < 1.29 is 18.1 Å². The summed E-state index contributed by atoms with van der Waals surface area (Å²) >= 11 is 0. The summed E-state index contributed by atoms with van der Waals surface area (Å²) in [4.78, 5) is 9.85. The van der Waals surface area contributed by atoms with E-state index >= 15 is 0 Å². The third kappa shape index (κ3) is 4.15. The number of anilines is 1. The molecule has 1 aromatic rings. The van der Waals surface area contributed by atoms with E-state index < -0.39 is 20.6 Å². The second-order valence-corrected chi connectivity index (χ2v) is 6.00. The molecule has 1 rings (SSSR count). The first kappa shape index (κ1) is 16.3. The van der Waals surface area contributed by atoms with Crippen LogP contribution in [-0.2, 0) is 14.8 Å². The van der Waals surface area contributed by atoms with Gasteiger partial charge in [-0.1, -0.05) is 0 Å². The lowest BCUT2D eigenvalue weighted by Crippen LogP contribution is -2.33. The number of rotatable bonds is 7. The SMILES string of the molecule is COCCC(C)NS(=O)(=O)c1ccc(N)c([N+](=O)[O-])c1. The molecule has 1 aromatic carbocycles. The quantitative estimate of drug-likeness (QED) is 0.437. The molecule has 1 unspecified atom stereocenters. The summed E-state index contributed by atoms with van der Waals surface area (Å²) in [5.74, 6) is 0. The van der Waals surface area contributed by atoms with Crippen molar-refractivity contribution in [2.45, 2.75) is 24.3 Å². The van der Waals surface area contributed by atoms with E-state index in [1.807, 2.05) is 0 Å². The number of benzene rings is 1. The molecule has 0 aliphatic heterocycles. The molecule has 20 heavy (non-hydrogen) atoms. The van der Waals surface area contributed by atoms with Crippen molar-refractivity contribution in [1.82, 2.24) is 4.72 Å². The van der Waals surface area contributed by atoms with Crippen LogP contribution in [0.25, 0.3) is 0 Å². The number of nitrogen functional groups attached to an aromatic ring is 1. The van der Waals surface area contributed by atoms with E-state index in [2.05, 4.69) is 4.72 Å². The van der Waals surface area contributed by atoms with Crippen LogP contribution in [0, 0.1) is 10.1 Å². The zero-order valence-electron chi connectivity index (χ0n) is 11.2. The molecule has 0 heterocycles. The Morgan fingerprint density at radius 2 is 2.15 bits per heavy atom. The van der Waals surface area contributed by atoms with Crippen molar-refractivity contribution in [1.29, 1.82) is 0 Å². The minimum atomic E-state index is -3.83. The maximum absolute atomic E-state index is 12.1. The van der Waals surface area contributed by atoms with E-state index in [9.17, 15) is 18.5 Å². The van der Waals surface area contributed by atoms with Crippen LogP contribution in [0.3, 0.4) is 0 Å². The van der Waals surface area contributed by atoms with Crippen molar-refractivity contribution in [3.05, 3.63) is 28.3 Å². The van der Waals surface area contributed by atoms with Crippen LogP contribution in [0.15, 0.2) is 23.1 Å². The Balaban J connectivity index is 2.98. The molecule has 8 nitrogen and oxygen atoms in total. The number of ether oxygens (including phenoxy) is 1. The van der Waals surface area contributed by atoms with Gasteiger partial charge in [-0.2, -0.15) is 0 Å². The fourth-order valence-corrected chi connectivity index (χ4v) is 2.83. The first-order chi connectivity index (χ1) is 9.27. The lowest BCUT2D eigenvalue weighted by atomic mass is 10.3. The number of nitrogens with zero attached hydrogens (tertiary/aromatic N) is 1. The highest BCUT2D eigenvalue weighted by atomic mass is 32.2. The van der Waals surface area contributed by atoms with Gasteiger partial charge >= 0.3 is 0 Å². The van der Waals surface area contributed by atoms with Gasteiger partial charge in [0.05, 0.1) is 9.82 Å². The average Bonchev–Trinajstić information content (AvgIpc) is 2.35. The summed E-state index contributed by atoms with van der Waals surface area (Å²) in [6.07, 6.45) is 0.493. The highest BCUT2D eigenvalue weighted by molar-refractivity contribution is 7.89. The summed E-state index contributed by atoms with van der Waals surface area (Å²) in [6.45, 7) is 2.09. The lowest BCUT2D eigenvalue weighted by Gasteiger charge is -2.13. The van der Waals surface area contributed by atoms with E-state index in [1.54, 1.807) is 6.92 Å². The van der Waals surface area contributed by atoms with Gasteiger partial charge in [0.25, 0.3) is 5.69 Å². The van der Waals surface area contributed by atoms with Crippen LogP contribution in [0.4, 0.5) is 11.4 Å². The van der Waals surface area contributed by atoms with Crippen molar-refractivity contribution in [2.75, 3.05) is 19.5 Å². The number of hydrogen-bond donors (Lipinski definition) is 2. The lowest BCUT2D eigenvalue weighted by molar-refractivity contribution is -0.384. The van der Waals surface area contributed by atoms with Crippen LogP contribution in [0.1, 0.15) is 13.3 Å². The van der Waals surface area contributed by atoms with Crippen molar-refractivity contribution in [2.24, 2.45) is 0 Å². The first-order valence-electron chi connectivity index (χ1n) is 5.83. The smallest absolute Gasteiger partial charge is 0.293 e. The molecule has 0 bridgehead atoms. The highest BCUT2D eigenvalue weighted by Crippen LogP contribution is 2.24. The summed E-state index contributed by atoms with van der Waals surface area (Å²) in [7, 11) is -2.31. The van der Waals surface area contributed by atoms with Gasteiger partial charge in [0.1, 0.15) is 5.69 Å². The van der Waals surface area contributed by atoms with Gasteiger partial charge in [-0.05, 0) is 25.5 Å². The molecule has 112 valence electrons. The fraction of sp³-hybridized carbons (Fsp3) is 0.455. The van der Waals surface area contributed by atoms with E-state index in [0.717, 1.165) is 6.07 Å². The molecular weight excluding hydrogens is 286 g/mol. The number of hydrogen-bond acceptors (Lipinski definition) is 6. The number of sulfonamides is 1. The monoisotopic (exact) mass is 303 g/mol. The van der Waals surface area contributed by atoms with Gasteiger partial charge < -0.3 is 10.5 Å². The zero-order chi connectivity index (χ0) is 15.3. The second kappa shape index (κ2) is 6.64. The molecule has 0 saturated heterocycles. The Morgan fingerprint density at radius 3 is 2.70 bits per heavy atom. The predicted molar refractivity (Wildman–Crippen MR) is 73.8 cm³/mol. The van der Waals surface area contributed by atoms with Gasteiger partial charge in [-0.3, -0.25) is 10.1 Å². The van der Waals surface area contributed by atoms with Crippen LogP contribution < -0.4 is 10.5 Å². The number of nitro groups is 1. The Kier molecular flexibility index (Phi) is 5.43. The second-order valence-electron chi connectivity index (χ2n) is 4.28. The molecule has 0 fully saturated rings. The standard InChI is InChI=1S/C11H17N3O5S/c1-8(5-6-19-2)13-20(17,18)9-3-4-10(12)11(7-9)14(15)16/h3-4,7-8,13H,5-6,12H2,1-2H3. The summed E-state index contributed by atoms with van der Waals surface area (Å²) < 4.78 is 31.4. The van der Waals surface area contributed by atoms with E-state index in [1.165, 1.54) is 19.2 Å². The van der Waals surface area contributed by atoms with Crippen LogP contribution >= 0.6 is 0 Å². The van der Waals surface area contributed by atoms with Crippen molar-refractivity contribution in [3.8, 4) is 0 Å². The molecule has 3 N–H and O–H groups in total. The molecule has 0 aliphatic carbocycles. The molecule has 0 aromatic heterocycles. The largest absolute Gasteiger partial charge is 0.393 e. The minimum Gasteiger partial charge on any atom is -0.393 e. The maximum Gasteiger partial charge on any atom is 0.293 e. The molecule has 0 aliphatic rings. The molecule has 0 amide bonds. The Hall–Kier alpha value is -1.71. The summed E-state index contributed by atoms with van der Waals surface area (Å²) in [5, 5.41) is 10.8. The van der Waals surface area contributed by atoms with Gasteiger partial charge in [-0.15, -0.1) is 0 Å². The van der Waals surface area contributed by atoms with Gasteiger partial charge in [0.2, 0.25) is 10.0 Å². The van der Waals surface area contributed by atoms with Crippen molar-refractivity contribution in [3.63, 3.8) is 0 Å². The van der Waals surface area contributed by atoms with Crippen LogP contribution in [0.2, 0.25) is 0 Å². The molecule has 0 spiro atoms. The molecule has 0 radical (unpaired) electrons. The predicted octanol–water partition coefficient (Wildman–Crippen LogP) is 0.880. The highest BCUT2D eigenvalue weighted by Gasteiger charge is 2.21. The van der Waals surface area contributed by atoms with Gasteiger partial charge in [-0.25, -0.2) is 13.1 Å². The van der Waals surface area contributed by atoms with E-state index in [0.29, 0.717) is 13.0 Å². The van der Waals surface area contributed by atoms with E-state index in [4.69, 9.17) is 10.5 Å². The third-order valence-electron chi connectivity index (χ3n) is 2.62. The number of methoxy groups -OCH3 is 1. The minimum absolute atomic E-state index is 0.0821. The molecular formula is C11H17N3O5S. The average molecular weight is 303 g/mol. The Morgan fingerprint density at radius 1 is 1.50 bits per heavy atom. The summed E-state index contributed by atoms with van der Waals surface area (Å²) in [6, 6.07) is 3.03. The first-order valence-corrected chi connectivity index (χ1v) is 7.31. The summed E-state index contributed by atoms with van der Waals surface area (Å²) in [5.41, 5.74) is 4.91. The topological polar surface area (TPSA) is 125 Å². The third-order valence-corrected chi connectivity index (χ3v) is 4.21. The number of nitro benzene ring substituents is 1. The Labute approximate surface area is 117 Å². The van der Waals surface area contributed by atoms with E-state index in [-0.39, 0.29) is 16.6 Å². The molecule has 9 heteroatoms. The maximum atomic E-state index is 12.1. The zero-order valence-corrected chi connectivity index (χ0v) is 12.0. The van der Waals surface area contributed by atoms with Gasteiger partial charge in [0, 0.05) is 25.8 Å². The Bertz CT molecular complexity index is 588. The van der Waals surface area contributed by atoms with Gasteiger partial charge in [0.15, 0.2) is 0 Å². The van der Waals surface area contributed by atoms with Crippen LogP contribution in [-0.4, -0.2) is 33.1 Å².